The molecule has 0 radical (unpaired) electrons. The van der Waals surface area contributed by atoms with Crippen molar-refractivity contribution in [3.63, 3.8) is 0 Å². The highest BCUT2D eigenvalue weighted by Gasteiger charge is 2.15. The lowest BCUT2D eigenvalue weighted by Gasteiger charge is -2.05. The molecule has 2 nitrogen and oxygen atoms in total. The molecule has 1 aromatic carbocycles. The van der Waals surface area contributed by atoms with E-state index in [4.69, 9.17) is 0 Å². The summed E-state index contributed by atoms with van der Waals surface area (Å²) in [6, 6.07) is 3.11. The number of hydrogen-bond acceptors (Lipinski definition) is 2. The Bertz CT molecular complexity index is 591. The number of amides is 1. The molecular formula is C11H5BrF3NOS. The van der Waals surface area contributed by atoms with Crippen molar-refractivity contribution in [2.75, 3.05) is 5.32 Å². The zero-order chi connectivity index (χ0) is 13.3. The van der Waals surface area contributed by atoms with Gasteiger partial charge in [-0.15, -0.1) is 11.3 Å². The fourth-order valence-electron chi connectivity index (χ4n) is 1.27. The molecule has 0 bridgehead atoms. The molecule has 0 saturated carbocycles. The van der Waals surface area contributed by atoms with Crippen LogP contribution in [0.4, 0.5) is 18.9 Å². The molecule has 2 rings (SSSR count). The van der Waals surface area contributed by atoms with E-state index in [-0.39, 0.29) is 5.69 Å². The highest BCUT2D eigenvalue weighted by atomic mass is 79.9. The maximum absolute atomic E-state index is 12.9. The zero-order valence-corrected chi connectivity index (χ0v) is 11.0. The molecule has 0 unspecified atom stereocenters. The van der Waals surface area contributed by atoms with E-state index < -0.39 is 23.4 Å². The molecule has 1 N–H and O–H groups in total. The average Bonchev–Trinajstić information content (AvgIpc) is 2.72. The van der Waals surface area contributed by atoms with Gasteiger partial charge in [0.25, 0.3) is 5.91 Å². The van der Waals surface area contributed by atoms with Crippen LogP contribution in [-0.4, -0.2) is 5.91 Å². The Morgan fingerprint density at radius 3 is 2.33 bits per heavy atom. The van der Waals surface area contributed by atoms with Crippen LogP contribution in [0.2, 0.25) is 0 Å². The van der Waals surface area contributed by atoms with Gasteiger partial charge in [-0.2, -0.15) is 0 Å². The number of thiophene rings is 1. The summed E-state index contributed by atoms with van der Waals surface area (Å²) in [5.74, 6) is -4.79. The molecular weight excluding hydrogens is 331 g/mol. The van der Waals surface area contributed by atoms with Gasteiger partial charge in [0.2, 0.25) is 0 Å². The van der Waals surface area contributed by atoms with Gasteiger partial charge in [0.05, 0.1) is 0 Å². The van der Waals surface area contributed by atoms with Gasteiger partial charge >= 0.3 is 0 Å². The molecule has 0 fully saturated rings. The first kappa shape index (κ1) is 13.1. The SMILES string of the molecule is O=C(Nc1cc(F)c(F)c(F)c1)c1sccc1Br. The van der Waals surface area contributed by atoms with Crippen molar-refractivity contribution in [1.82, 2.24) is 0 Å². The first-order valence-electron chi connectivity index (χ1n) is 4.68. The lowest BCUT2D eigenvalue weighted by atomic mass is 10.2. The minimum atomic E-state index is -1.56. The van der Waals surface area contributed by atoms with E-state index >= 15 is 0 Å². The van der Waals surface area contributed by atoms with Gasteiger partial charge in [-0.3, -0.25) is 4.79 Å². The number of carbonyl (C=O) groups is 1. The largest absolute Gasteiger partial charge is 0.321 e. The molecule has 0 aliphatic heterocycles. The Morgan fingerprint density at radius 2 is 1.83 bits per heavy atom. The summed E-state index contributed by atoms with van der Waals surface area (Å²) in [5, 5.41) is 3.97. The Labute approximate surface area is 113 Å². The number of nitrogens with one attached hydrogen (secondary N) is 1. The van der Waals surface area contributed by atoms with Crippen LogP contribution in [0, 0.1) is 17.5 Å². The molecule has 0 aliphatic rings. The summed E-state index contributed by atoms with van der Waals surface area (Å²) < 4.78 is 39.2. The number of anilines is 1. The van der Waals surface area contributed by atoms with E-state index in [2.05, 4.69) is 21.2 Å². The van der Waals surface area contributed by atoms with E-state index in [1.807, 2.05) is 0 Å². The predicted molar refractivity (Wildman–Crippen MR) is 66.3 cm³/mol. The van der Waals surface area contributed by atoms with Gasteiger partial charge in [-0.25, -0.2) is 13.2 Å². The summed E-state index contributed by atoms with van der Waals surface area (Å²) in [5.41, 5.74) is -0.142. The smallest absolute Gasteiger partial charge is 0.266 e. The van der Waals surface area contributed by atoms with Crippen molar-refractivity contribution in [2.24, 2.45) is 0 Å². The van der Waals surface area contributed by atoms with Gasteiger partial charge in [-0.1, -0.05) is 0 Å². The van der Waals surface area contributed by atoms with Crippen LogP contribution in [0.25, 0.3) is 0 Å². The van der Waals surface area contributed by atoms with E-state index in [1.165, 1.54) is 11.3 Å². The average molecular weight is 336 g/mol. The van der Waals surface area contributed by atoms with Crippen LogP contribution in [0.3, 0.4) is 0 Å². The molecule has 0 aliphatic carbocycles. The standard InChI is InChI=1S/C11H5BrF3NOS/c12-6-1-2-18-10(6)11(17)16-5-3-7(13)9(15)8(14)4-5/h1-4H,(H,16,17). The Balaban J connectivity index is 2.25. The van der Waals surface area contributed by atoms with Crippen LogP contribution in [0.15, 0.2) is 28.1 Å². The van der Waals surface area contributed by atoms with Gasteiger partial charge in [0.15, 0.2) is 17.5 Å². The minimum absolute atomic E-state index is 0.142. The highest BCUT2D eigenvalue weighted by Crippen LogP contribution is 2.24. The lowest BCUT2D eigenvalue weighted by molar-refractivity contribution is 0.103. The molecule has 0 atom stereocenters. The van der Waals surface area contributed by atoms with Crippen molar-refractivity contribution in [1.29, 1.82) is 0 Å². The normalized spacial score (nSPS) is 10.4. The fraction of sp³-hybridized carbons (Fsp3) is 0. The minimum Gasteiger partial charge on any atom is -0.321 e. The quantitative estimate of drug-likeness (QED) is 0.819. The molecule has 18 heavy (non-hydrogen) atoms. The predicted octanol–water partition coefficient (Wildman–Crippen LogP) is 4.18. The molecule has 2 aromatic rings. The lowest BCUT2D eigenvalue weighted by Crippen LogP contribution is -2.11. The first-order chi connectivity index (χ1) is 8.49. The molecule has 0 spiro atoms. The Kier molecular flexibility index (Phi) is 3.72. The number of benzene rings is 1. The maximum atomic E-state index is 12.9. The summed E-state index contributed by atoms with van der Waals surface area (Å²) in [6.07, 6.45) is 0. The topological polar surface area (TPSA) is 29.1 Å². The highest BCUT2D eigenvalue weighted by molar-refractivity contribution is 9.10. The molecule has 0 saturated heterocycles. The Morgan fingerprint density at radius 1 is 1.22 bits per heavy atom. The summed E-state index contributed by atoms with van der Waals surface area (Å²) in [6.45, 7) is 0. The molecule has 1 amide bonds. The van der Waals surface area contributed by atoms with Gasteiger partial charge in [0, 0.05) is 22.3 Å². The maximum Gasteiger partial charge on any atom is 0.266 e. The van der Waals surface area contributed by atoms with Crippen molar-refractivity contribution in [3.8, 4) is 0 Å². The number of rotatable bonds is 2. The van der Waals surface area contributed by atoms with Crippen molar-refractivity contribution in [2.45, 2.75) is 0 Å². The van der Waals surface area contributed by atoms with E-state index in [0.29, 0.717) is 9.35 Å². The van der Waals surface area contributed by atoms with Crippen molar-refractivity contribution < 1.29 is 18.0 Å². The van der Waals surface area contributed by atoms with Crippen molar-refractivity contribution in [3.05, 3.63) is 50.4 Å². The van der Waals surface area contributed by atoms with Crippen LogP contribution < -0.4 is 5.32 Å². The summed E-state index contributed by atoms with van der Waals surface area (Å²) in [7, 11) is 0. The monoisotopic (exact) mass is 335 g/mol. The third kappa shape index (κ3) is 2.56. The van der Waals surface area contributed by atoms with Crippen LogP contribution in [0.1, 0.15) is 9.67 Å². The molecule has 7 heteroatoms. The molecule has 1 heterocycles. The second kappa shape index (κ2) is 5.11. The van der Waals surface area contributed by atoms with E-state index in [1.54, 1.807) is 11.4 Å². The number of halogens is 4. The summed E-state index contributed by atoms with van der Waals surface area (Å²) in [4.78, 5) is 12.1. The third-order valence-electron chi connectivity index (χ3n) is 2.07. The van der Waals surface area contributed by atoms with E-state index in [0.717, 1.165) is 12.1 Å². The molecule has 1 aromatic heterocycles. The van der Waals surface area contributed by atoms with Gasteiger partial charge < -0.3 is 5.32 Å². The van der Waals surface area contributed by atoms with Gasteiger partial charge in [-0.05, 0) is 27.4 Å². The molecule has 94 valence electrons. The third-order valence-corrected chi connectivity index (χ3v) is 3.90. The number of hydrogen-bond donors (Lipinski definition) is 1. The summed E-state index contributed by atoms with van der Waals surface area (Å²) >= 11 is 4.33. The van der Waals surface area contributed by atoms with E-state index in [9.17, 15) is 18.0 Å². The van der Waals surface area contributed by atoms with Gasteiger partial charge in [0.1, 0.15) is 4.88 Å². The second-order valence-corrected chi connectivity index (χ2v) is 5.08. The second-order valence-electron chi connectivity index (χ2n) is 3.31. The fourth-order valence-corrected chi connectivity index (χ4v) is 2.72. The Hall–Kier alpha value is -1.34. The van der Waals surface area contributed by atoms with Crippen molar-refractivity contribution >= 4 is 38.9 Å². The number of carbonyl (C=O) groups excluding carboxylic acids is 1. The first-order valence-corrected chi connectivity index (χ1v) is 6.35. The zero-order valence-electron chi connectivity index (χ0n) is 8.64. The van der Waals surface area contributed by atoms with Crippen LogP contribution in [0.5, 0.6) is 0 Å². The van der Waals surface area contributed by atoms with Crippen LogP contribution in [-0.2, 0) is 0 Å². The van der Waals surface area contributed by atoms with Crippen LogP contribution >= 0.6 is 27.3 Å².